The zero-order valence-corrected chi connectivity index (χ0v) is 18.8. The number of urea groups is 2. The number of esters is 2. The SMILES string of the molecule is C=CC(=O)OCCNC(=O)NCC.C=CC(=O)OCCNC(=O)NCC1CC2CCC1C2. The maximum Gasteiger partial charge on any atom is 0.330 e. The van der Waals surface area contributed by atoms with Crippen LogP contribution in [0.1, 0.15) is 32.6 Å². The van der Waals surface area contributed by atoms with Gasteiger partial charge in [-0.2, -0.15) is 0 Å². The van der Waals surface area contributed by atoms with E-state index >= 15 is 0 Å². The molecule has 0 aromatic heterocycles. The van der Waals surface area contributed by atoms with E-state index in [4.69, 9.17) is 4.74 Å². The van der Waals surface area contributed by atoms with Crippen LogP contribution in [0.4, 0.5) is 9.59 Å². The van der Waals surface area contributed by atoms with Crippen molar-refractivity contribution in [3.05, 3.63) is 25.3 Å². The molecule has 2 aliphatic carbocycles. The monoisotopic (exact) mass is 452 g/mol. The highest BCUT2D eigenvalue weighted by Crippen LogP contribution is 2.47. The molecule has 0 aromatic carbocycles. The normalized spacial score (nSPS) is 20.1. The van der Waals surface area contributed by atoms with E-state index < -0.39 is 11.9 Å². The number of ether oxygens (including phenoxy) is 2. The Kier molecular flexibility index (Phi) is 13.3. The van der Waals surface area contributed by atoms with E-state index in [2.05, 4.69) is 39.2 Å². The first-order valence-corrected chi connectivity index (χ1v) is 11.0. The average molecular weight is 453 g/mol. The lowest BCUT2D eigenvalue weighted by Gasteiger charge is -2.21. The lowest BCUT2D eigenvalue weighted by Crippen LogP contribution is -2.40. The van der Waals surface area contributed by atoms with E-state index in [1.807, 2.05) is 6.92 Å². The Morgan fingerprint density at radius 1 is 0.844 bits per heavy atom. The summed E-state index contributed by atoms with van der Waals surface area (Å²) in [6, 6.07) is -0.449. The highest BCUT2D eigenvalue weighted by molar-refractivity contribution is 5.81. The van der Waals surface area contributed by atoms with Crippen LogP contribution in [0.3, 0.4) is 0 Å². The third kappa shape index (κ3) is 11.4. The number of hydrogen-bond donors (Lipinski definition) is 4. The fourth-order valence-electron chi connectivity index (χ4n) is 3.89. The molecule has 2 aliphatic rings. The summed E-state index contributed by atoms with van der Waals surface area (Å²) in [7, 11) is 0. The van der Waals surface area contributed by atoms with Crippen LogP contribution in [-0.4, -0.2) is 63.4 Å². The Labute approximate surface area is 189 Å². The molecular formula is C22H36N4O6. The molecule has 2 fully saturated rings. The third-order valence-corrected chi connectivity index (χ3v) is 5.34. The van der Waals surface area contributed by atoms with E-state index in [0.29, 0.717) is 25.6 Å². The number of carbonyl (C=O) groups is 4. The first kappa shape index (κ1) is 27.0. The predicted octanol–water partition coefficient (Wildman–Crippen LogP) is 1.49. The zero-order valence-electron chi connectivity index (χ0n) is 18.8. The molecule has 0 aromatic rings. The number of fused-ring (bicyclic) bond motifs is 2. The zero-order chi connectivity index (χ0) is 23.8. The molecule has 4 N–H and O–H groups in total. The number of hydrogen-bond acceptors (Lipinski definition) is 6. The van der Waals surface area contributed by atoms with Gasteiger partial charge < -0.3 is 30.7 Å². The summed E-state index contributed by atoms with van der Waals surface area (Å²) in [4.78, 5) is 43.6. The minimum atomic E-state index is -0.488. The van der Waals surface area contributed by atoms with Crippen molar-refractivity contribution in [1.29, 1.82) is 0 Å². The number of nitrogens with one attached hydrogen (secondary N) is 4. The molecular weight excluding hydrogens is 416 g/mol. The highest BCUT2D eigenvalue weighted by atomic mass is 16.5. The maximum atomic E-state index is 11.5. The number of rotatable bonds is 11. The van der Waals surface area contributed by atoms with E-state index in [1.165, 1.54) is 25.7 Å². The van der Waals surface area contributed by atoms with Crippen LogP contribution in [0.25, 0.3) is 0 Å². The molecule has 0 saturated heterocycles. The van der Waals surface area contributed by atoms with Crippen LogP contribution < -0.4 is 21.3 Å². The van der Waals surface area contributed by atoms with Gasteiger partial charge in [0.1, 0.15) is 13.2 Å². The summed E-state index contributed by atoms with van der Waals surface area (Å²) in [5.74, 6) is 1.42. The topological polar surface area (TPSA) is 135 Å². The van der Waals surface area contributed by atoms with E-state index in [0.717, 1.165) is 30.5 Å². The molecule has 4 amide bonds. The largest absolute Gasteiger partial charge is 0.461 e. The highest BCUT2D eigenvalue weighted by Gasteiger charge is 2.39. The Balaban J connectivity index is 0.000000347. The fourth-order valence-corrected chi connectivity index (χ4v) is 3.89. The van der Waals surface area contributed by atoms with Gasteiger partial charge in [0.15, 0.2) is 0 Å². The second kappa shape index (κ2) is 15.7. The Morgan fingerprint density at radius 3 is 1.84 bits per heavy atom. The maximum absolute atomic E-state index is 11.5. The van der Waals surface area contributed by atoms with Crippen molar-refractivity contribution in [3.8, 4) is 0 Å². The van der Waals surface area contributed by atoms with Gasteiger partial charge in [-0.05, 0) is 43.9 Å². The van der Waals surface area contributed by atoms with Crippen molar-refractivity contribution in [2.75, 3.05) is 39.4 Å². The lowest BCUT2D eigenvalue weighted by molar-refractivity contribution is -0.138. The number of amides is 4. The summed E-state index contributed by atoms with van der Waals surface area (Å²) >= 11 is 0. The van der Waals surface area contributed by atoms with Crippen molar-refractivity contribution in [1.82, 2.24) is 21.3 Å². The lowest BCUT2D eigenvalue weighted by atomic mass is 9.89. The van der Waals surface area contributed by atoms with Crippen LogP contribution in [-0.2, 0) is 19.1 Å². The van der Waals surface area contributed by atoms with Gasteiger partial charge in [-0.1, -0.05) is 19.6 Å². The standard InChI is InChI=1S/C14H22N2O3.C8H14N2O3/c1-2-13(17)19-6-5-15-14(18)16-9-12-8-10-3-4-11(12)7-10;1-3-7(11)13-6-5-10-8(12)9-4-2/h2,10-12H,1,3-9H2,(H2,15,16,18);3H,1,4-6H2,2H3,(H2,9,10,12). The van der Waals surface area contributed by atoms with Gasteiger partial charge in [0.2, 0.25) is 0 Å². The summed E-state index contributed by atoms with van der Waals surface area (Å²) in [5, 5.41) is 10.6. The molecule has 0 radical (unpaired) electrons. The minimum absolute atomic E-state index is 0.155. The Bertz CT molecular complexity index is 654. The minimum Gasteiger partial charge on any atom is -0.461 e. The van der Waals surface area contributed by atoms with Crippen molar-refractivity contribution in [2.45, 2.75) is 32.6 Å². The van der Waals surface area contributed by atoms with E-state index in [9.17, 15) is 19.2 Å². The average Bonchev–Trinajstić information content (AvgIpc) is 3.42. The first-order valence-electron chi connectivity index (χ1n) is 11.0. The van der Waals surface area contributed by atoms with Crippen LogP contribution in [0.2, 0.25) is 0 Å². The summed E-state index contributed by atoms with van der Waals surface area (Å²) < 4.78 is 9.38. The van der Waals surface area contributed by atoms with Gasteiger partial charge in [-0.15, -0.1) is 0 Å². The van der Waals surface area contributed by atoms with Gasteiger partial charge in [0, 0.05) is 25.2 Å². The molecule has 32 heavy (non-hydrogen) atoms. The predicted molar refractivity (Wildman–Crippen MR) is 120 cm³/mol. The molecule has 3 atom stereocenters. The van der Waals surface area contributed by atoms with Crippen LogP contribution >= 0.6 is 0 Å². The molecule has 10 heteroatoms. The third-order valence-electron chi connectivity index (χ3n) is 5.34. The van der Waals surface area contributed by atoms with Crippen LogP contribution in [0.15, 0.2) is 25.3 Å². The molecule has 2 rings (SSSR count). The Morgan fingerprint density at radius 2 is 1.41 bits per heavy atom. The second-order valence-corrected chi connectivity index (χ2v) is 7.60. The van der Waals surface area contributed by atoms with Gasteiger partial charge in [-0.25, -0.2) is 19.2 Å². The van der Waals surface area contributed by atoms with Gasteiger partial charge in [0.05, 0.1) is 13.1 Å². The molecule has 2 bridgehead atoms. The van der Waals surface area contributed by atoms with Crippen molar-refractivity contribution in [3.63, 3.8) is 0 Å². The van der Waals surface area contributed by atoms with Crippen molar-refractivity contribution in [2.24, 2.45) is 17.8 Å². The molecule has 0 heterocycles. The molecule has 0 aliphatic heterocycles. The van der Waals surface area contributed by atoms with E-state index in [-0.39, 0.29) is 25.3 Å². The van der Waals surface area contributed by atoms with Crippen molar-refractivity contribution >= 4 is 24.0 Å². The first-order chi connectivity index (χ1) is 15.4. The summed E-state index contributed by atoms with van der Waals surface area (Å²) in [6.45, 7) is 10.6. The summed E-state index contributed by atoms with van der Waals surface area (Å²) in [6.07, 6.45) is 7.51. The molecule has 180 valence electrons. The molecule has 0 spiro atoms. The smallest absolute Gasteiger partial charge is 0.330 e. The van der Waals surface area contributed by atoms with Gasteiger partial charge in [-0.3, -0.25) is 0 Å². The van der Waals surface area contributed by atoms with E-state index in [1.54, 1.807) is 0 Å². The quantitative estimate of drug-likeness (QED) is 0.213. The molecule has 10 nitrogen and oxygen atoms in total. The van der Waals surface area contributed by atoms with Crippen LogP contribution in [0.5, 0.6) is 0 Å². The molecule has 3 unspecified atom stereocenters. The molecule has 2 saturated carbocycles. The van der Waals surface area contributed by atoms with Gasteiger partial charge in [0.25, 0.3) is 0 Å². The number of carbonyl (C=O) groups excluding carboxylic acids is 4. The van der Waals surface area contributed by atoms with Gasteiger partial charge >= 0.3 is 24.0 Å². The summed E-state index contributed by atoms with van der Waals surface area (Å²) in [5.41, 5.74) is 0. The second-order valence-electron chi connectivity index (χ2n) is 7.60. The van der Waals surface area contributed by atoms with Crippen molar-refractivity contribution < 1.29 is 28.7 Å². The fraction of sp³-hybridized carbons (Fsp3) is 0.636. The van der Waals surface area contributed by atoms with Crippen LogP contribution in [0, 0.1) is 17.8 Å². The Hall–Kier alpha value is -3.04.